The van der Waals surface area contributed by atoms with E-state index >= 15 is 0 Å². The van der Waals surface area contributed by atoms with Crippen LogP contribution in [-0.4, -0.2) is 49.7 Å². The molecule has 0 N–H and O–H groups in total. The molecule has 1 aromatic heterocycles. The number of esters is 1. The second-order valence-corrected chi connectivity index (χ2v) is 4.77. The number of quaternary nitrogens is 1. The number of aromatic nitrogens is 1. The van der Waals surface area contributed by atoms with Gasteiger partial charge in [0.1, 0.15) is 13.2 Å². The van der Waals surface area contributed by atoms with Gasteiger partial charge in [0, 0.05) is 12.3 Å². The Morgan fingerprint density at radius 2 is 2.18 bits per heavy atom. The molecule has 4 heteroatoms. The normalized spacial score (nSPS) is 11.7. The van der Waals surface area contributed by atoms with Crippen molar-refractivity contribution in [2.24, 2.45) is 0 Å². The minimum atomic E-state index is -0.330. The number of carbonyl (C=O) groups excluding carboxylic acids is 1. The molecule has 1 aromatic rings. The summed E-state index contributed by atoms with van der Waals surface area (Å²) in [6, 6.07) is 5.53. The van der Waals surface area contributed by atoms with Crippen molar-refractivity contribution in [2.45, 2.75) is 0 Å². The standard InChI is InChI=1S/C13H19N2O2/c1-15(2,3)10-11-17-13(16)8-7-12-6-4-5-9-14-12/h4-9H,10-11H2,1-3H3/q+1/b8-7+. The predicted molar refractivity (Wildman–Crippen MR) is 67.1 cm³/mol. The topological polar surface area (TPSA) is 39.2 Å². The highest BCUT2D eigenvalue weighted by Gasteiger charge is 2.07. The summed E-state index contributed by atoms with van der Waals surface area (Å²) in [5.74, 6) is -0.330. The van der Waals surface area contributed by atoms with Crippen LogP contribution in [0, 0.1) is 0 Å². The maximum Gasteiger partial charge on any atom is 0.331 e. The first-order valence-electron chi connectivity index (χ1n) is 5.54. The Morgan fingerprint density at radius 1 is 1.41 bits per heavy atom. The van der Waals surface area contributed by atoms with Crippen LogP contribution in [0.2, 0.25) is 0 Å². The lowest BCUT2D eigenvalue weighted by Gasteiger charge is -2.23. The molecule has 0 spiro atoms. The lowest BCUT2D eigenvalue weighted by Crippen LogP contribution is -2.37. The van der Waals surface area contributed by atoms with Crippen LogP contribution in [0.5, 0.6) is 0 Å². The van der Waals surface area contributed by atoms with Crippen molar-refractivity contribution >= 4 is 12.0 Å². The van der Waals surface area contributed by atoms with Crippen LogP contribution in [0.1, 0.15) is 5.69 Å². The molecule has 0 unspecified atom stereocenters. The van der Waals surface area contributed by atoms with Crippen molar-refractivity contribution in [3.8, 4) is 0 Å². The van der Waals surface area contributed by atoms with Crippen LogP contribution in [-0.2, 0) is 9.53 Å². The molecule has 0 aromatic carbocycles. The Labute approximate surface area is 102 Å². The largest absolute Gasteiger partial charge is 0.457 e. The van der Waals surface area contributed by atoms with E-state index in [-0.39, 0.29) is 5.97 Å². The second-order valence-electron chi connectivity index (χ2n) is 4.77. The molecule has 92 valence electrons. The zero-order valence-electron chi connectivity index (χ0n) is 10.6. The first-order chi connectivity index (χ1) is 7.97. The Balaban J connectivity index is 2.33. The summed E-state index contributed by atoms with van der Waals surface area (Å²) < 4.78 is 5.85. The molecule has 0 saturated carbocycles. The molecule has 0 atom stereocenters. The molecule has 1 heterocycles. The fourth-order valence-corrected chi connectivity index (χ4v) is 1.10. The van der Waals surface area contributed by atoms with Gasteiger partial charge < -0.3 is 9.22 Å². The van der Waals surface area contributed by atoms with Crippen molar-refractivity contribution in [2.75, 3.05) is 34.3 Å². The molecule has 4 nitrogen and oxygen atoms in total. The van der Waals surface area contributed by atoms with Crippen LogP contribution >= 0.6 is 0 Å². The van der Waals surface area contributed by atoms with Crippen LogP contribution < -0.4 is 0 Å². The quantitative estimate of drug-likeness (QED) is 0.439. The number of nitrogens with zero attached hydrogens (tertiary/aromatic N) is 2. The highest BCUT2D eigenvalue weighted by atomic mass is 16.5. The van der Waals surface area contributed by atoms with Crippen LogP contribution in [0.4, 0.5) is 0 Å². The van der Waals surface area contributed by atoms with Crippen LogP contribution in [0.3, 0.4) is 0 Å². The highest BCUT2D eigenvalue weighted by molar-refractivity contribution is 5.86. The summed E-state index contributed by atoms with van der Waals surface area (Å²) in [5.41, 5.74) is 0.746. The van der Waals surface area contributed by atoms with Gasteiger partial charge in [-0.15, -0.1) is 0 Å². The Hall–Kier alpha value is -1.68. The average Bonchev–Trinajstić information content (AvgIpc) is 2.26. The van der Waals surface area contributed by atoms with E-state index in [1.165, 1.54) is 6.08 Å². The molecular formula is C13H19N2O2+. The van der Waals surface area contributed by atoms with Crippen molar-refractivity contribution in [1.82, 2.24) is 4.98 Å². The monoisotopic (exact) mass is 235 g/mol. The third kappa shape index (κ3) is 6.48. The van der Waals surface area contributed by atoms with Gasteiger partial charge in [-0.2, -0.15) is 0 Å². The number of likely N-dealkylation sites (N-methyl/N-ethyl adjacent to an activating group) is 1. The molecule has 1 rings (SSSR count). The van der Waals surface area contributed by atoms with Gasteiger partial charge in [-0.05, 0) is 18.2 Å². The molecule has 17 heavy (non-hydrogen) atoms. The summed E-state index contributed by atoms with van der Waals surface area (Å²) in [6.45, 7) is 1.22. The number of pyridine rings is 1. The Kier molecular flexibility index (Phi) is 4.84. The molecule has 0 bridgehead atoms. The molecule has 0 aliphatic carbocycles. The van der Waals surface area contributed by atoms with Gasteiger partial charge in [-0.3, -0.25) is 4.98 Å². The first kappa shape index (κ1) is 13.4. The number of ether oxygens (including phenoxy) is 1. The summed E-state index contributed by atoms with van der Waals surface area (Å²) >= 11 is 0. The average molecular weight is 235 g/mol. The number of hydrogen-bond donors (Lipinski definition) is 0. The Morgan fingerprint density at radius 3 is 2.76 bits per heavy atom. The van der Waals surface area contributed by atoms with Crippen LogP contribution in [0.15, 0.2) is 30.5 Å². The van der Waals surface area contributed by atoms with Crippen molar-refractivity contribution in [1.29, 1.82) is 0 Å². The molecular weight excluding hydrogens is 216 g/mol. The van der Waals surface area contributed by atoms with E-state index < -0.39 is 0 Å². The van der Waals surface area contributed by atoms with E-state index in [2.05, 4.69) is 26.1 Å². The number of rotatable bonds is 5. The molecule has 0 saturated heterocycles. The van der Waals surface area contributed by atoms with Gasteiger partial charge in [0.2, 0.25) is 0 Å². The van der Waals surface area contributed by atoms with Gasteiger partial charge in [0.05, 0.1) is 26.8 Å². The van der Waals surface area contributed by atoms with Crippen molar-refractivity contribution in [3.63, 3.8) is 0 Å². The van der Waals surface area contributed by atoms with Crippen molar-refractivity contribution < 1.29 is 14.0 Å². The first-order valence-corrected chi connectivity index (χ1v) is 5.54. The molecule has 0 radical (unpaired) electrons. The van der Waals surface area contributed by atoms with E-state index in [4.69, 9.17) is 4.74 Å². The van der Waals surface area contributed by atoms with E-state index in [1.54, 1.807) is 12.3 Å². The maximum atomic E-state index is 11.4. The van der Waals surface area contributed by atoms with E-state index in [9.17, 15) is 4.79 Å². The fourth-order valence-electron chi connectivity index (χ4n) is 1.10. The SMILES string of the molecule is C[N+](C)(C)CCOC(=O)/C=C/c1ccccn1. The highest BCUT2D eigenvalue weighted by Crippen LogP contribution is 1.97. The third-order valence-electron chi connectivity index (χ3n) is 2.08. The number of carbonyl (C=O) groups is 1. The van der Waals surface area contributed by atoms with Gasteiger partial charge >= 0.3 is 5.97 Å². The number of hydrogen-bond acceptors (Lipinski definition) is 3. The van der Waals surface area contributed by atoms with Crippen molar-refractivity contribution in [3.05, 3.63) is 36.2 Å². The van der Waals surface area contributed by atoms with Gasteiger partial charge in [-0.25, -0.2) is 4.79 Å². The van der Waals surface area contributed by atoms with Crippen LogP contribution in [0.25, 0.3) is 6.08 Å². The second kappa shape index (κ2) is 6.15. The summed E-state index contributed by atoms with van der Waals surface area (Å²) in [6.07, 6.45) is 4.73. The lowest BCUT2D eigenvalue weighted by molar-refractivity contribution is -0.870. The molecule has 0 fully saturated rings. The molecule has 0 aliphatic heterocycles. The molecule has 0 aliphatic rings. The Bertz CT molecular complexity index is 380. The minimum Gasteiger partial charge on any atom is -0.457 e. The summed E-state index contributed by atoms with van der Waals surface area (Å²) in [4.78, 5) is 15.4. The lowest BCUT2D eigenvalue weighted by atomic mass is 10.3. The zero-order chi connectivity index (χ0) is 12.7. The van der Waals surface area contributed by atoms with Gasteiger partial charge in [0.15, 0.2) is 0 Å². The van der Waals surface area contributed by atoms with Gasteiger partial charge in [0.25, 0.3) is 0 Å². The smallest absolute Gasteiger partial charge is 0.331 e. The third-order valence-corrected chi connectivity index (χ3v) is 2.08. The van der Waals surface area contributed by atoms with E-state index in [0.717, 1.165) is 16.7 Å². The van der Waals surface area contributed by atoms with E-state index in [0.29, 0.717) is 6.61 Å². The zero-order valence-corrected chi connectivity index (χ0v) is 10.6. The predicted octanol–water partition coefficient (Wildman–Crippen LogP) is 1.34. The van der Waals surface area contributed by atoms with Gasteiger partial charge in [-0.1, -0.05) is 6.07 Å². The maximum absolute atomic E-state index is 11.4. The molecule has 0 amide bonds. The minimum absolute atomic E-state index is 0.330. The van der Waals surface area contributed by atoms with E-state index in [1.807, 2.05) is 18.2 Å². The fraction of sp³-hybridized carbons (Fsp3) is 0.385. The summed E-state index contributed by atoms with van der Waals surface area (Å²) in [5, 5.41) is 0. The summed E-state index contributed by atoms with van der Waals surface area (Å²) in [7, 11) is 6.16.